The van der Waals surface area contributed by atoms with Crippen LogP contribution in [0, 0.1) is 13.8 Å². The van der Waals surface area contributed by atoms with Crippen LogP contribution in [0.1, 0.15) is 16.7 Å². The van der Waals surface area contributed by atoms with Gasteiger partial charge in [0, 0.05) is 18.8 Å². The predicted octanol–water partition coefficient (Wildman–Crippen LogP) is 3.52. The predicted molar refractivity (Wildman–Crippen MR) is 118 cm³/mol. The van der Waals surface area contributed by atoms with Crippen molar-refractivity contribution in [2.75, 3.05) is 0 Å². The summed E-state index contributed by atoms with van der Waals surface area (Å²) in [4.78, 5) is 33.0. The fourth-order valence-corrected chi connectivity index (χ4v) is 3.18. The maximum absolute atomic E-state index is 12.4. The van der Waals surface area contributed by atoms with E-state index in [1.807, 2.05) is 50.2 Å². The van der Waals surface area contributed by atoms with Crippen molar-refractivity contribution in [3.8, 4) is 11.6 Å². The lowest BCUT2D eigenvalue weighted by atomic mass is 10.1. The molecule has 156 valence electrons. The van der Waals surface area contributed by atoms with Gasteiger partial charge in [0.05, 0.1) is 17.2 Å². The fourth-order valence-electron chi connectivity index (χ4n) is 3.18. The zero-order valence-electron chi connectivity index (χ0n) is 17.3. The molecule has 0 saturated carbocycles. The summed E-state index contributed by atoms with van der Waals surface area (Å²) in [5, 5.41) is 2.83. The summed E-state index contributed by atoms with van der Waals surface area (Å²) in [7, 11) is 0. The van der Waals surface area contributed by atoms with E-state index in [0.717, 1.165) is 22.4 Å². The summed E-state index contributed by atoms with van der Waals surface area (Å²) in [6, 6.07) is 16.8. The summed E-state index contributed by atoms with van der Waals surface area (Å²) < 4.78 is 7.27. The number of carbonyl (C=O) groups excluding carboxylic acids is 1. The maximum atomic E-state index is 12.4. The van der Waals surface area contributed by atoms with E-state index >= 15 is 0 Å². The number of rotatable bonds is 6. The Bertz CT molecular complexity index is 1300. The highest BCUT2D eigenvalue weighted by Crippen LogP contribution is 2.24. The number of hydrogen-bond acceptors (Lipinski definition) is 5. The highest BCUT2D eigenvalue weighted by Gasteiger charge is 2.09. The van der Waals surface area contributed by atoms with Crippen LogP contribution in [0.3, 0.4) is 0 Å². The number of nitrogens with zero attached hydrogens (tertiary/aromatic N) is 3. The minimum atomic E-state index is -0.316. The van der Waals surface area contributed by atoms with E-state index in [1.54, 1.807) is 24.4 Å². The number of ether oxygens (including phenoxy) is 1. The van der Waals surface area contributed by atoms with Crippen LogP contribution >= 0.6 is 0 Å². The van der Waals surface area contributed by atoms with Crippen LogP contribution in [-0.4, -0.2) is 20.4 Å². The Labute approximate surface area is 179 Å². The average Bonchev–Trinajstić information content (AvgIpc) is 2.78. The first-order chi connectivity index (χ1) is 15.0. The second-order valence-corrected chi connectivity index (χ2v) is 7.32. The number of carbonyl (C=O) groups is 1. The number of fused-ring (bicyclic) bond motifs is 1. The van der Waals surface area contributed by atoms with E-state index in [9.17, 15) is 9.59 Å². The van der Waals surface area contributed by atoms with E-state index < -0.39 is 0 Å². The molecule has 31 heavy (non-hydrogen) atoms. The molecule has 1 N–H and O–H groups in total. The largest absolute Gasteiger partial charge is 0.439 e. The summed E-state index contributed by atoms with van der Waals surface area (Å²) >= 11 is 0. The Morgan fingerprint density at radius 1 is 1.03 bits per heavy atom. The molecule has 0 aliphatic rings. The van der Waals surface area contributed by atoms with Crippen LogP contribution in [-0.2, 0) is 17.9 Å². The van der Waals surface area contributed by atoms with Crippen LogP contribution in [0.15, 0.2) is 71.8 Å². The maximum Gasteiger partial charge on any atom is 0.269 e. The minimum Gasteiger partial charge on any atom is -0.439 e. The number of hydrogen-bond donors (Lipinski definition) is 1. The quantitative estimate of drug-likeness (QED) is 0.522. The Balaban J connectivity index is 1.39. The molecule has 2 aromatic carbocycles. The van der Waals surface area contributed by atoms with Gasteiger partial charge in [-0.15, -0.1) is 0 Å². The van der Waals surface area contributed by atoms with Gasteiger partial charge in [0.15, 0.2) is 0 Å². The lowest BCUT2D eigenvalue weighted by Gasteiger charge is -2.11. The molecule has 0 aliphatic heterocycles. The molecule has 4 aromatic rings. The van der Waals surface area contributed by atoms with Crippen LogP contribution < -0.4 is 15.6 Å². The van der Waals surface area contributed by atoms with Gasteiger partial charge in [-0.2, -0.15) is 0 Å². The Hall–Kier alpha value is -4.00. The Kier molecular flexibility index (Phi) is 5.75. The summed E-state index contributed by atoms with van der Waals surface area (Å²) in [5.74, 6) is 0.983. The van der Waals surface area contributed by atoms with Crippen LogP contribution in [0.4, 0.5) is 0 Å². The smallest absolute Gasteiger partial charge is 0.269 e. The number of aryl methyl sites for hydroxylation is 2. The Morgan fingerprint density at radius 2 is 1.87 bits per heavy atom. The van der Waals surface area contributed by atoms with Crippen LogP contribution in [0.2, 0.25) is 0 Å². The molecule has 0 spiro atoms. The van der Waals surface area contributed by atoms with E-state index in [2.05, 4.69) is 15.3 Å². The van der Waals surface area contributed by atoms with Crippen LogP contribution in [0.25, 0.3) is 11.0 Å². The second-order valence-electron chi connectivity index (χ2n) is 7.32. The number of benzene rings is 2. The standard InChI is InChI=1S/C24H22N4O3/c1-16-7-8-17(2)21(11-16)31-23-10-9-18(13-27-23)12-26-22(29)15-28-20-6-4-3-5-19(20)25-14-24(28)30/h3-11,13-14H,12,15H2,1-2H3,(H,26,29). The van der Waals surface area contributed by atoms with Crippen molar-refractivity contribution < 1.29 is 9.53 Å². The molecular weight excluding hydrogens is 392 g/mol. The van der Waals surface area contributed by atoms with Gasteiger partial charge in [-0.05, 0) is 48.7 Å². The molecule has 4 rings (SSSR count). The number of amides is 1. The van der Waals surface area contributed by atoms with Gasteiger partial charge in [0.1, 0.15) is 12.3 Å². The third kappa shape index (κ3) is 4.78. The van der Waals surface area contributed by atoms with Gasteiger partial charge < -0.3 is 10.1 Å². The highest BCUT2D eigenvalue weighted by atomic mass is 16.5. The van der Waals surface area contributed by atoms with Crippen molar-refractivity contribution in [2.24, 2.45) is 0 Å². The lowest BCUT2D eigenvalue weighted by Crippen LogP contribution is -2.32. The normalized spacial score (nSPS) is 10.8. The lowest BCUT2D eigenvalue weighted by molar-refractivity contribution is -0.121. The first-order valence-corrected chi connectivity index (χ1v) is 9.91. The van der Waals surface area contributed by atoms with Crippen molar-refractivity contribution in [3.63, 3.8) is 0 Å². The number of pyridine rings is 1. The molecule has 0 fully saturated rings. The van der Waals surface area contributed by atoms with Crippen molar-refractivity contribution in [1.82, 2.24) is 19.9 Å². The van der Waals surface area contributed by atoms with Gasteiger partial charge in [-0.25, -0.2) is 9.97 Å². The first-order valence-electron chi connectivity index (χ1n) is 9.91. The summed E-state index contributed by atoms with van der Waals surface area (Å²) in [6.07, 6.45) is 2.89. The zero-order chi connectivity index (χ0) is 21.8. The number of nitrogens with one attached hydrogen (secondary N) is 1. The molecule has 2 aromatic heterocycles. The van der Waals surface area contributed by atoms with Gasteiger partial charge >= 0.3 is 0 Å². The zero-order valence-corrected chi connectivity index (χ0v) is 17.3. The molecule has 7 heteroatoms. The topological polar surface area (TPSA) is 86.1 Å². The summed E-state index contributed by atoms with van der Waals surface area (Å²) in [5.41, 5.74) is 3.94. The highest BCUT2D eigenvalue weighted by molar-refractivity contribution is 5.79. The third-order valence-corrected chi connectivity index (χ3v) is 4.90. The molecule has 0 atom stereocenters. The van der Waals surface area contributed by atoms with Crippen molar-refractivity contribution >= 4 is 16.9 Å². The average molecular weight is 414 g/mol. The molecule has 0 bridgehead atoms. The molecular formula is C24H22N4O3. The van der Waals surface area contributed by atoms with Gasteiger partial charge in [-0.3, -0.25) is 14.2 Å². The van der Waals surface area contributed by atoms with Crippen molar-refractivity contribution in [3.05, 3.63) is 94.0 Å². The third-order valence-electron chi connectivity index (χ3n) is 4.90. The minimum absolute atomic E-state index is 0.0802. The molecule has 0 radical (unpaired) electrons. The van der Waals surface area contributed by atoms with Crippen molar-refractivity contribution in [1.29, 1.82) is 0 Å². The number of para-hydroxylation sites is 2. The first kappa shape index (κ1) is 20.3. The molecule has 0 unspecified atom stereocenters. The summed E-state index contributed by atoms with van der Waals surface area (Å²) in [6.45, 7) is 4.21. The molecule has 0 aliphatic carbocycles. The van der Waals surface area contributed by atoms with Crippen molar-refractivity contribution in [2.45, 2.75) is 26.9 Å². The fraction of sp³-hybridized carbons (Fsp3) is 0.167. The van der Waals surface area contributed by atoms with Gasteiger partial charge in [0.25, 0.3) is 5.56 Å². The van der Waals surface area contributed by atoms with E-state index in [1.165, 1.54) is 10.8 Å². The second kappa shape index (κ2) is 8.79. The molecule has 1 amide bonds. The SMILES string of the molecule is Cc1ccc(C)c(Oc2ccc(CNC(=O)Cn3c(=O)cnc4ccccc43)cn2)c1. The van der Waals surface area contributed by atoms with Crippen LogP contribution in [0.5, 0.6) is 11.6 Å². The van der Waals surface area contributed by atoms with E-state index in [0.29, 0.717) is 23.5 Å². The van der Waals surface area contributed by atoms with Gasteiger partial charge in [-0.1, -0.05) is 30.3 Å². The molecule has 0 saturated heterocycles. The van der Waals surface area contributed by atoms with E-state index in [4.69, 9.17) is 4.74 Å². The monoisotopic (exact) mass is 414 g/mol. The number of aromatic nitrogens is 3. The van der Waals surface area contributed by atoms with E-state index in [-0.39, 0.29) is 18.0 Å². The molecule has 2 heterocycles. The molecule has 7 nitrogen and oxygen atoms in total. The Morgan fingerprint density at radius 3 is 2.68 bits per heavy atom. The van der Waals surface area contributed by atoms with Gasteiger partial charge in [0.2, 0.25) is 11.8 Å².